The van der Waals surface area contributed by atoms with Crippen molar-refractivity contribution in [1.82, 2.24) is 9.29 Å². The molecule has 0 unspecified atom stereocenters. The topological polar surface area (TPSA) is 70.6 Å². The van der Waals surface area contributed by atoms with Gasteiger partial charge in [-0.25, -0.2) is 13.4 Å². The van der Waals surface area contributed by atoms with E-state index in [0.29, 0.717) is 42.6 Å². The molecule has 1 aliphatic rings. The number of aryl methyl sites for hydroxylation is 2. The monoisotopic (exact) mass is 553 g/mol. The van der Waals surface area contributed by atoms with Crippen LogP contribution in [0.3, 0.4) is 0 Å². The van der Waals surface area contributed by atoms with Crippen molar-refractivity contribution in [3.8, 4) is 0 Å². The normalized spacial score (nSPS) is 15.2. The number of hydrogen-bond acceptors (Lipinski definition) is 5. The average molecular weight is 554 g/mol. The van der Waals surface area contributed by atoms with Crippen LogP contribution in [-0.2, 0) is 21.4 Å². The fraction of sp³-hybridized carbons (Fsp3) is 0.286. The van der Waals surface area contributed by atoms with E-state index in [-0.39, 0.29) is 16.7 Å². The first-order valence-electron chi connectivity index (χ1n) is 12.2. The average Bonchev–Trinajstić information content (AvgIpc) is 3.37. The van der Waals surface area contributed by atoms with Crippen molar-refractivity contribution in [2.45, 2.75) is 38.1 Å². The van der Waals surface area contributed by atoms with E-state index in [4.69, 9.17) is 16.6 Å². The van der Waals surface area contributed by atoms with E-state index in [1.165, 1.54) is 27.8 Å². The molecular formula is C28H28ClN3O3S2. The zero-order chi connectivity index (χ0) is 26.2. The minimum absolute atomic E-state index is 0.0123. The zero-order valence-electron chi connectivity index (χ0n) is 20.7. The molecule has 0 spiro atoms. The predicted octanol–water partition coefficient (Wildman–Crippen LogP) is 6.20. The second-order valence-corrected chi connectivity index (χ2v) is 12.8. The summed E-state index contributed by atoms with van der Waals surface area (Å²) in [6, 6.07) is 20.2. The van der Waals surface area contributed by atoms with Crippen LogP contribution >= 0.6 is 22.9 Å². The second kappa shape index (κ2) is 10.5. The molecule has 3 aromatic carbocycles. The molecule has 2 heterocycles. The molecule has 1 saturated heterocycles. The number of benzene rings is 3. The van der Waals surface area contributed by atoms with Gasteiger partial charge in [-0.1, -0.05) is 65.4 Å². The number of carbonyl (C=O) groups is 1. The van der Waals surface area contributed by atoms with E-state index in [9.17, 15) is 13.2 Å². The SMILES string of the molecule is Cc1ccc(C)c2sc(N(Cc3ccccc3)C(=O)C3CCN(S(=O)(=O)c4ccc(Cl)cc4)CC3)nc12. The summed E-state index contributed by atoms with van der Waals surface area (Å²) in [5.74, 6) is -0.295. The van der Waals surface area contributed by atoms with Crippen LogP contribution in [0.5, 0.6) is 0 Å². The Bertz CT molecular complexity index is 1490. The lowest BCUT2D eigenvalue weighted by Gasteiger charge is -2.33. The summed E-state index contributed by atoms with van der Waals surface area (Å²) in [7, 11) is -3.64. The molecule has 37 heavy (non-hydrogen) atoms. The molecule has 9 heteroatoms. The third-order valence-electron chi connectivity index (χ3n) is 6.87. The number of carbonyl (C=O) groups excluding carboxylic acids is 1. The molecule has 0 radical (unpaired) electrons. The second-order valence-electron chi connectivity index (χ2n) is 9.42. The molecule has 5 rings (SSSR count). The molecule has 1 fully saturated rings. The fourth-order valence-electron chi connectivity index (χ4n) is 4.69. The Balaban J connectivity index is 1.39. The molecule has 6 nitrogen and oxygen atoms in total. The first-order valence-corrected chi connectivity index (χ1v) is 14.9. The maximum absolute atomic E-state index is 13.9. The van der Waals surface area contributed by atoms with Gasteiger partial charge in [-0.15, -0.1) is 0 Å². The molecule has 0 saturated carbocycles. The lowest BCUT2D eigenvalue weighted by Crippen LogP contribution is -2.44. The van der Waals surface area contributed by atoms with E-state index < -0.39 is 10.0 Å². The molecule has 192 valence electrons. The smallest absolute Gasteiger partial charge is 0.243 e. The van der Waals surface area contributed by atoms with Crippen molar-refractivity contribution in [3.63, 3.8) is 0 Å². The van der Waals surface area contributed by atoms with Crippen LogP contribution in [0.2, 0.25) is 5.02 Å². The highest BCUT2D eigenvalue weighted by molar-refractivity contribution is 7.89. The number of aromatic nitrogens is 1. The minimum Gasteiger partial charge on any atom is -0.283 e. The highest BCUT2D eigenvalue weighted by Crippen LogP contribution is 2.35. The molecular weight excluding hydrogens is 526 g/mol. The molecule has 4 aromatic rings. The summed E-state index contributed by atoms with van der Waals surface area (Å²) in [6.45, 7) is 5.09. The van der Waals surface area contributed by atoms with Crippen LogP contribution in [0, 0.1) is 19.8 Å². The standard InChI is InChI=1S/C28H28ClN3O3S2/c1-19-8-9-20(2)26-25(19)30-28(36-26)32(18-21-6-4-3-5-7-21)27(33)22-14-16-31(17-15-22)37(34,35)24-12-10-23(29)11-13-24/h3-13,22H,14-18H2,1-2H3. The third-order valence-corrected chi connectivity index (χ3v) is 10.2. The molecule has 0 aliphatic carbocycles. The van der Waals surface area contributed by atoms with Crippen molar-refractivity contribution < 1.29 is 13.2 Å². The predicted molar refractivity (Wildman–Crippen MR) is 150 cm³/mol. The van der Waals surface area contributed by atoms with Gasteiger partial charge >= 0.3 is 0 Å². The van der Waals surface area contributed by atoms with E-state index in [1.54, 1.807) is 17.0 Å². The lowest BCUT2D eigenvalue weighted by molar-refractivity contribution is -0.123. The van der Waals surface area contributed by atoms with Crippen molar-refractivity contribution in [3.05, 3.63) is 88.4 Å². The van der Waals surface area contributed by atoms with Crippen LogP contribution in [0.15, 0.2) is 71.6 Å². The van der Waals surface area contributed by atoms with Crippen LogP contribution in [0.1, 0.15) is 29.5 Å². The summed E-state index contributed by atoms with van der Waals surface area (Å²) in [6.07, 6.45) is 0.916. The van der Waals surface area contributed by atoms with Crippen molar-refractivity contribution >= 4 is 54.2 Å². The maximum atomic E-state index is 13.9. The fourth-order valence-corrected chi connectivity index (χ4v) is 7.40. The van der Waals surface area contributed by atoms with Gasteiger partial charge in [0, 0.05) is 24.0 Å². The van der Waals surface area contributed by atoms with Gasteiger partial charge in [0.05, 0.1) is 21.7 Å². The van der Waals surface area contributed by atoms with Crippen LogP contribution in [-0.4, -0.2) is 36.7 Å². The van der Waals surface area contributed by atoms with E-state index in [1.807, 2.05) is 37.3 Å². The number of hydrogen-bond donors (Lipinski definition) is 0. The van der Waals surface area contributed by atoms with E-state index in [0.717, 1.165) is 26.9 Å². The Morgan fingerprint density at radius 1 is 1.00 bits per heavy atom. The van der Waals surface area contributed by atoms with Gasteiger partial charge in [-0.2, -0.15) is 4.31 Å². The summed E-state index contributed by atoms with van der Waals surface area (Å²) in [4.78, 5) is 20.8. The summed E-state index contributed by atoms with van der Waals surface area (Å²) < 4.78 is 28.8. The van der Waals surface area contributed by atoms with Gasteiger partial charge in [0.2, 0.25) is 15.9 Å². The minimum atomic E-state index is -3.64. The summed E-state index contributed by atoms with van der Waals surface area (Å²) >= 11 is 7.47. The number of nitrogens with zero attached hydrogens (tertiary/aromatic N) is 3. The number of sulfonamides is 1. The highest BCUT2D eigenvalue weighted by Gasteiger charge is 2.35. The zero-order valence-corrected chi connectivity index (χ0v) is 23.1. The molecule has 0 atom stereocenters. The van der Waals surface area contributed by atoms with Gasteiger partial charge in [0.1, 0.15) is 0 Å². The highest BCUT2D eigenvalue weighted by atomic mass is 35.5. The molecule has 1 aliphatic heterocycles. The summed E-state index contributed by atoms with van der Waals surface area (Å²) in [5.41, 5.74) is 4.16. The number of piperidine rings is 1. The van der Waals surface area contributed by atoms with Crippen molar-refractivity contribution in [2.75, 3.05) is 18.0 Å². The summed E-state index contributed by atoms with van der Waals surface area (Å²) in [5, 5.41) is 1.17. The molecule has 0 bridgehead atoms. The Hall–Kier alpha value is -2.78. The number of amides is 1. The first-order chi connectivity index (χ1) is 17.7. The van der Waals surface area contributed by atoms with Crippen LogP contribution in [0.25, 0.3) is 10.2 Å². The number of rotatable bonds is 6. The number of thiazole rings is 1. The molecule has 0 N–H and O–H groups in total. The van der Waals surface area contributed by atoms with Gasteiger partial charge < -0.3 is 0 Å². The molecule has 1 amide bonds. The Morgan fingerprint density at radius 3 is 2.30 bits per heavy atom. The number of halogens is 1. The Morgan fingerprint density at radius 2 is 1.65 bits per heavy atom. The number of anilines is 1. The number of fused-ring (bicyclic) bond motifs is 1. The van der Waals surface area contributed by atoms with E-state index in [2.05, 4.69) is 19.1 Å². The van der Waals surface area contributed by atoms with Crippen LogP contribution in [0.4, 0.5) is 5.13 Å². The lowest BCUT2D eigenvalue weighted by atomic mass is 9.96. The largest absolute Gasteiger partial charge is 0.283 e. The van der Waals surface area contributed by atoms with Gasteiger partial charge in [-0.05, 0) is 67.6 Å². The Labute approximate surface area is 226 Å². The van der Waals surface area contributed by atoms with Crippen molar-refractivity contribution in [2.24, 2.45) is 5.92 Å². The molecule has 1 aromatic heterocycles. The first kappa shape index (κ1) is 25.9. The Kier molecular flexibility index (Phi) is 7.36. The van der Waals surface area contributed by atoms with Crippen molar-refractivity contribution in [1.29, 1.82) is 0 Å². The quantitative estimate of drug-likeness (QED) is 0.285. The van der Waals surface area contributed by atoms with E-state index >= 15 is 0 Å². The van der Waals surface area contributed by atoms with Gasteiger partial charge in [0.25, 0.3) is 0 Å². The van der Waals surface area contributed by atoms with Crippen LogP contribution < -0.4 is 4.90 Å². The maximum Gasteiger partial charge on any atom is 0.243 e. The van der Waals surface area contributed by atoms with Gasteiger partial charge in [0.15, 0.2) is 5.13 Å². The van der Waals surface area contributed by atoms with Gasteiger partial charge in [-0.3, -0.25) is 9.69 Å². The third kappa shape index (κ3) is 5.29.